The maximum Gasteiger partial charge on any atom is 0.339 e. The highest BCUT2D eigenvalue weighted by Crippen LogP contribution is 2.09. The summed E-state index contributed by atoms with van der Waals surface area (Å²) in [5.41, 5.74) is 5.71. The summed E-state index contributed by atoms with van der Waals surface area (Å²) in [6.45, 7) is 0.380. The SMILES string of the molecule is CN(CC(N)=O)Cc1c(C(=O)O)cnn1C. The molecular weight excluding hydrogens is 212 g/mol. The largest absolute Gasteiger partial charge is 0.478 e. The fraction of sp³-hybridized carbons (Fsp3) is 0.444. The van der Waals surface area contributed by atoms with E-state index in [0.717, 1.165) is 0 Å². The van der Waals surface area contributed by atoms with E-state index < -0.39 is 11.9 Å². The van der Waals surface area contributed by atoms with Crippen LogP contribution in [0, 0.1) is 0 Å². The van der Waals surface area contributed by atoms with E-state index in [2.05, 4.69) is 5.10 Å². The summed E-state index contributed by atoms with van der Waals surface area (Å²) in [5.74, 6) is -1.49. The highest BCUT2D eigenvalue weighted by molar-refractivity contribution is 5.88. The molecule has 0 radical (unpaired) electrons. The van der Waals surface area contributed by atoms with Crippen molar-refractivity contribution in [2.24, 2.45) is 12.8 Å². The van der Waals surface area contributed by atoms with Crippen molar-refractivity contribution >= 4 is 11.9 Å². The van der Waals surface area contributed by atoms with Gasteiger partial charge in [0.05, 0.1) is 18.4 Å². The van der Waals surface area contributed by atoms with Crippen LogP contribution in [-0.4, -0.2) is 45.3 Å². The predicted octanol–water partition coefficient (Wildman–Crippen LogP) is -0.965. The van der Waals surface area contributed by atoms with Gasteiger partial charge in [0, 0.05) is 13.6 Å². The van der Waals surface area contributed by atoms with Crippen LogP contribution in [0.15, 0.2) is 6.20 Å². The van der Waals surface area contributed by atoms with Gasteiger partial charge in [-0.3, -0.25) is 14.4 Å². The molecule has 0 fully saturated rings. The smallest absolute Gasteiger partial charge is 0.339 e. The molecule has 0 unspecified atom stereocenters. The molecule has 0 aliphatic carbocycles. The third kappa shape index (κ3) is 2.80. The Morgan fingerprint density at radius 3 is 2.75 bits per heavy atom. The van der Waals surface area contributed by atoms with Gasteiger partial charge < -0.3 is 10.8 Å². The van der Waals surface area contributed by atoms with E-state index >= 15 is 0 Å². The van der Waals surface area contributed by atoms with Gasteiger partial charge in [0.1, 0.15) is 5.56 Å². The maximum absolute atomic E-state index is 10.9. The Morgan fingerprint density at radius 2 is 2.25 bits per heavy atom. The number of hydrogen-bond acceptors (Lipinski definition) is 4. The summed E-state index contributed by atoms with van der Waals surface area (Å²) in [6, 6.07) is 0. The first kappa shape index (κ1) is 12.2. The molecule has 0 atom stereocenters. The lowest BCUT2D eigenvalue weighted by Crippen LogP contribution is -2.31. The lowest BCUT2D eigenvalue weighted by atomic mass is 10.2. The zero-order chi connectivity index (χ0) is 12.3. The van der Waals surface area contributed by atoms with E-state index in [1.165, 1.54) is 10.9 Å². The van der Waals surface area contributed by atoms with Crippen LogP contribution >= 0.6 is 0 Å². The second-order valence-electron chi connectivity index (χ2n) is 3.57. The Bertz CT molecular complexity index is 413. The molecular formula is C9H14N4O3. The van der Waals surface area contributed by atoms with Gasteiger partial charge in [0.25, 0.3) is 0 Å². The molecule has 16 heavy (non-hydrogen) atoms. The summed E-state index contributed by atoms with van der Waals surface area (Å²) < 4.78 is 1.47. The molecule has 1 rings (SSSR count). The van der Waals surface area contributed by atoms with Gasteiger partial charge in [0.2, 0.25) is 5.91 Å². The molecule has 1 aromatic heterocycles. The third-order valence-corrected chi connectivity index (χ3v) is 2.14. The topological polar surface area (TPSA) is 101 Å². The van der Waals surface area contributed by atoms with Crippen molar-refractivity contribution in [2.45, 2.75) is 6.54 Å². The standard InChI is InChI=1S/C9H14N4O3/c1-12(5-8(10)14)4-7-6(9(15)16)3-11-13(7)2/h3H,4-5H2,1-2H3,(H2,10,14)(H,15,16). The number of nitrogens with two attached hydrogens (primary N) is 1. The van der Waals surface area contributed by atoms with Crippen molar-refractivity contribution < 1.29 is 14.7 Å². The summed E-state index contributed by atoms with van der Waals surface area (Å²) in [4.78, 5) is 23.2. The van der Waals surface area contributed by atoms with Crippen molar-refractivity contribution in [1.29, 1.82) is 0 Å². The lowest BCUT2D eigenvalue weighted by molar-refractivity contribution is -0.118. The molecule has 7 heteroatoms. The van der Waals surface area contributed by atoms with Crippen molar-refractivity contribution in [3.8, 4) is 0 Å². The molecule has 88 valence electrons. The van der Waals surface area contributed by atoms with Crippen molar-refractivity contribution in [2.75, 3.05) is 13.6 Å². The Morgan fingerprint density at radius 1 is 1.62 bits per heavy atom. The van der Waals surface area contributed by atoms with E-state index in [0.29, 0.717) is 12.2 Å². The Hall–Kier alpha value is -1.89. The number of nitrogens with zero attached hydrogens (tertiary/aromatic N) is 3. The Kier molecular flexibility index (Phi) is 3.62. The average Bonchev–Trinajstić information content (AvgIpc) is 2.46. The molecule has 3 N–H and O–H groups in total. The fourth-order valence-corrected chi connectivity index (χ4v) is 1.41. The number of aryl methyl sites for hydroxylation is 1. The van der Waals surface area contributed by atoms with Gasteiger partial charge in [-0.1, -0.05) is 0 Å². The first-order chi connectivity index (χ1) is 7.41. The number of likely N-dealkylation sites (N-methyl/N-ethyl adjacent to an activating group) is 1. The minimum atomic E-state index is -1.03. The number of primary amides is 1. The first-order valence-electron chi connectivity index (χ1n) is 4.63. The number of carbonyl (C=O) groups excluding carboxylic acids is 1. The minimum absolute atomic E-state index is 0.0736. The molecule has 0 saturated carbocycles. The number of hydrogen-bond donors (Lipinski definition) is 2. The van der Waals surface area contributed by atoms with Gasteiger partial charge in [-0.05, 0) is 7.05 Å². The van der Waals surface area contributed by atoms with Gasteiger partial charge in [-0.15, -0.1) is 0 Å². The number of carboxylic acid groups (broad SMARTS) is 1. The molecule has 0 aromatic carbocycles. The van der Waals surface area contributed by atoms with Crippen LogP contribution in [0.25, 0.3) is 0 Å². The summed E-state index contributed by atoms with van der Waals surface area (Å²) in [7, 11) is 3.34. The van der Waals surface area contributed by atoms with E-state index in [1.807, 2.05) is 0 Å². The number of carbonyl (C=O) groups is 2. The van der Waals surface area contributed by atoms with Gasteiger partial charge in [-0.2, -0.15) is 5.10 Å². The number of carboxylic acids is 1. The van der Waals surface area contributed by atoms with Crippen LogP contribution in [0.5, 0.6) is 0 Å². The second kappa shape index (κ2) is 4.75. The number of aromatic carboxylic acids is 1. The Balaban J connectivity index is 2.83. The lowest BCUT2D eigenvalue weighted by Gasteiger charge is -2.14. The Labute approximate surface area is 92.4 Å². The van der Waals surface area contributed by atoms with Gasteiger partial charge in [-0.25, -0.2) is 4.79 Å². The molecule has 1 heterocycles. The van der Waals surface area contributed by atoms with E-state index in [4.69, 9.17) is 10.8 Å². The molecule has 0 saturated heterocycles. The van der Waals surface area contributed by atoms with Crippen LogP contribution in [-0.2, 0) is 18.4 Å². The molecule has 0 spiro atoms. The van der Waals surface area contributed by atoms with Crippen LogP contribution in [0.1, 0.15) is 16.1 Å². The first-order valence-corrected chi connectivity index (χ1v) is 4.63. The number of rotatable bonds is 5. The predicted molar refractivity (Wildman–Crippen MR) is 55.7 cm³/mol. The highest BCUT2D eigenvalue weighted by Gasteiger charge is 2.16. The molecule has 1 aromatic rings. The quantitative estimate of drug-likeness (QED) is 0.673. The van der Waals surface area contributed by atoms with Crippen LogP contribution in [0.3, 0.4) is 0 Å². The normalized spacial score (nSPS) is 10.7. The third-order valence-electron chi connectivity index (χ3n) is 2.14. The summed E-state index contributed by atoms with van der Waals surface area (Å²) in [6.07, 6.45) is 1.29. The van der Waals surface area contributed by atoms with E-state index in [1.54, 1.807) is 19.0 Å². The highest BCUT2D eigenvalue weighted by atomic mass is 16.4. The molecule has 0 aliphatic rings. The molecule has 1 amide bonds. The number of amides is 1. The zero-order valence-corrected chi connectivity index (χ0v) is 9.17. The van der Waals surface area contributed by atoms with Crippen molar-refractivity contribution in [1.82, 2.24) is 14.7 Å². The second-order valence-corrected chi connectivity index (χ2v) is 3.57. The summed E-state index contributed by atoms with van der Waals surface area (Å²) in [5, 5.41) is 12.8. The fourth-order valence-electron chi connectivity index (χ4n) is 1.41. The summed E-state index contributed by atoms with van der Waals surface area (Å²) >= 11 is 0. The van der Waals surface area contributed by atoms with Gasteiger partial charge >= 0.3 is 5.97 Å². The monoisotopic (exact) mass is 226 g/mol. The molecule has 0 aliphatic heterocycles. The van der Waals surface area contributed by atoms with Gasteiger partial charge in [0.15, 0.2) is 0 Å². The van der Waals surface area contributed by atoms with Crippen LogP contribution in [0.4, 0.5) is 0 Å². The maximum atomic E-state index is 10.9. The molecule has 7 nitrogen and oxygen atoms in total. The number of aromatic nitrogens is 2. The average molecular weight is 226 g/mol. The van der Waals surface area contributed by atoms with E-state index in [9.17, 15) is 9.59 Å². The minimum Gasteiger partial charge on any atom is -0.478 e. The van der Waals surface area contributed by atoms with Crippen LogP contribution in [0.2, 0.25) is 0 Å². The van der Waals surface area contributed by atoms with Crippen molar-refractivity contribution in [3.05, 3.63) is 17.5 Å². The zero-order valence-electron chi connectivity index (χ0n) is 9.17. The van der Waals surface area contributed by atoms with Crippen LogP contribution < -0.4 is 5.73 Å². The van der Waals surface area contributed by atoms with E-state index in [-0.39, 0.29) is 12.1 Å². The van der Waals surface area contributed by atoms with Crippen molar-refractivity contribution in [3.63, 3.8) is 0 Å². The molecule has 0 bridgehead atoms.